The van der Waals surface area contributed by atoms with Crippen molar-refractivity contribution in [3.63, 3.8) is 0 Å². The predicted molar refractivity (Wildman–Crippen MR) is 193 cm³/mol. The number of aliphatic hydroxyl groups excluding tert-OH is 2. The van der Waals surface area contributed by atoms with Crippen LogP contribution in [-0.4, -0.2) is 102 Å². The first-order valence-electron chi connectivity index (χ1n) is 17.0. The Morgan fingerprint density at radius 2 is 1.91 bits per heavy atom. The van der Waals surface area contributed by atoms with Gasteiger partial charge in [0.1, 0.15) is 24.2 Å². The van der Waals surface area contributed by atoms with Crippen molar-refractivity contribution in [2.45, 2.75) is 43.7 Å². The highest BCUT2D eigenvalue weighted by molar-refractivity contribution is 8.07. The molecule has 4 heterocycles. The minimum absolute atomic E-state index is 0.0416. The van der Waals surface area contributed by atoms with Gasteiger partial charge in [0.15, 0.2) is 17.0 Å². The van der Waals surface area contributed by atoms with E-state index in [1.165, 1.54) is 19.8 Å². The number of ether oxygens (including phenoxy) is 2. The number of carbonyl (C=O) groups is 2. The second-order valence-electron chi connectivity index (χ2n) is 12.7. The Hall–Kier alpha value is -4.77. The molecule has 0 bridgehead atoms. The van der Waals surface area contributed by atoms with Crippen molar-refractivity contribution in [3.05, 3.63) is 72.3 Å². The third kappa shape index (κ3) is 7.47. The number of imidazole rings is 1. The molecule has 1 saturated carbocycles. The van der Waals surface area contributed by atoms with E-state index in [2.05, 4.69) is 30.6 Å². The fraction of sp³-hybridized carbons (Fsp3) is 0.412. The Bertz CT molecular complexity index is 2230. The molecule has 7 atom stereocenters. The van der Waals surface area contributed by atoms with Crippen LogP contribution in [0.15, 0.2) is 61.2 Å². The standard InChI is InChI=1S/C34H36N9O9PS/c1-48-34(47)22-9-5-10-24-29(22)40-41-43(24)25-13-21(23(25)15-44)17-50-53(54,49-12-6-11-35)52-26-14-28(51-27(26)16-45)42-19-38-30-31(36-18-37-32(30)42)39-33(46)20-7-3-2-4-8-20/h2-5,7-10,18-19,21,23,25-28,44-45H,6,12-17H2,1H3,(H,36,37,39,46)/t21-,23-,25-,26+,27-,28-,53?/m1/s1. The molecule has 20 heteroatoms. The largest absolute Gasteiger partial charge is 0.465 e. The summed E-state index contributed by atoms with van der Waals surface area (Å²) in [4.78, 5) is 38.1. The van der Waals surface area contributed by atoms with Gasteiger partial charge in [-0.3, -0.25) is 9.36 Å². The molecule has 3 aromatic heterocycles. The average molecular weight is 778 g/mol. The molecule has 1 saturated heterocycles. The third-order valence-electron chi connectivity index (χ3n) is 9.55. The number of amides is 1. The van der Waals surface area contributed by atoms with Crippen molar-refractivity contribution >= 4 is 58.4 Å². The number of carbonyl (C=O) groups excluding carboxylic acids is 2. The van der Waals surface area contributed by atoms with E-state index in [9.17, 15) is 25.1 Å². The molecule has 1 amide bonds. The number of benzene rings is 2. The van der Waals surface area contributed by atoms with Gasteiger partial charge in [0.05, 0.1) is 69.0 Å². The number of nitrogens with one attached hydrogen (secondary N) is 1. The molecule has 5 aromatic rings. The lowest BCUT2D eigenvalue weighted by Gasteiger charge is -2.44. The Morgan fingerprint density at radius 1 is 1.07 bits per heavy atom. The number of aromatic nitrogens is 7. The van der Waals surface area contributed by atoms with Gasteiger partial charge in [-0.05, 0) is 48.4 Å². The lowest BCUT2D eigenvalue weighted by Crippen LogP contribution is -2.43. The van der Waals surface area contributed by atoms with E-state index in [4.69, 9.17) is 34.9 Å². The summed E-state index contributed by atoms with van der Waals surface area (Å²) in [7, 11) is 1.30. The lowest BCUT2D eigenvalue weighted by molar-refractivity contribution is -0.0454. The zero-order chi connectivity index (χ0) is 37.8. The number of aliphatic hydroxyl groups is 2. The molecule has 54 heavy (non-hydrogen) atoms. The van der Waals surface area contributed by atoms with Crippen LogP contribution in [0.1, 0.15) is 52.2 Å². The van der Waals surface area contributed by atoms with E-state index in [1.807, 2.05) is 12.1 Å². The second-order valence-corrected chi connectivity index (χ2v) is 15.6. The van der Waals surface area contributed by atoms with Gasteiger partial charge in [-0.2, -0.15) is 5.26 Å². The number of fused-ring (bicyclic) bond motifs is 2. The molecule has 18 nitrogen and oxygen atoms in total. The van der Waals surface area contributed by atoms with Crippen molar-refractivity contribution < 1.29 is 42.8 Å². The molecule has 1 aliphatic heterocycles. The van der Waals surface area contributed by atoms with Gasteiger partial charge in [-0.25, -0.2) is 24.4 Å². The van der Waals surface area contributed by atoms with Gasteiger partial charge in [0.25, 0.3) is 5.91 Å². The van der Waals surface area contributed by atoms with Crippen molar-refractivity contribution in [2.24, 2.45) is 11.8 Å². The first kappa shape index (κ1) is 37.5. The third-order valence-corrected chi connectivity index (χ3v) is 11.9. The number of nitrogens with zero attached hydrogens (tertiary/aromatic N) is 8. The van der Waals surface area contributed by atoms with Crippen LogP contribution in [0.4, 0.5) is 5.82 Å². The highest BCUT2D eigenvalue weighted by Crippen LogP contribution is 2.56. The highest BCUT2D eigenvalue weighted by atomic mass is 32.5. The topological polar surface area (TPSA) is 231 Å². The summed E-state index contributed by atoms with van der Waals surface area (Å²) in [5, 5.41) is 41.2. The highest BCUT2D eigenvalue weighted by Gasteiger charge is 2.46. The molecule has 2 fully saturated rings. The smallest absolute Gasteiger partial charge is 0.340 e. The molecule has 1 aliphatic carbocycles. The van der Waals surface area contributed by atoms with E-state index in [-0.39, 0.29) is 62.3 Å². The lowest BCUT2D eigenvalue weighted by atomic mass is 9.70. The Labute approximate surface area is 313 Å². The van der Waals surface area contributed by atoms with E-state index in [1.54, 1.807) is 51.7 Å². The summed E-state index contributed by atoms with van der Waals surface area (Å²) in [6, 6.07) is 15.6. The van der Waals surface area contributed by atoms with E-state index < -0.39 is 37.7 Å². The molecule has 2 aliphatic rings. The van der Waals surface area contributed by atoms with Crippen LogP contribution in [0.25, 0.3) is 22.2 Å². The quantitative estimate of drug-likeness (QED) is 0.0786. The number of rotatable bonds is 15. The van der Waals surface area contributed by atoms with Gasteiger partial charge in [0, 0.05) is 24.5 Å². The van der Waals surface area contributed by atoms with Gasteiger partial charge >= 0.3 is 12.7 Å². The minimum atomic E-state index is -3.54. The second kappa shape index (κ2) is 16.3. The average Bonchev–Trinajstić information content (AvgIpc) is 3.92. The van der Waals surface area contributed by atoms with Gasteiger partial charge in [-0.1, -0.05) is 29.5 Å². The van der Waals surface area contributed by atoms with E-state index in [0.29, 0.717) is 39.7 Å². The van der Waals surface area contributed by atoms with Crippen LogP contribution in [0.5, 0.6) is 0 Å². The maximum Gasteiger partial charge on any atom is 0.340 e. The van der Waals surface area contributed by atoms with Crippen LogP contribution in [0.2, 0.25) is 0 Å². The van der Waals surface area contributed by atoms with Crippen molar-refractivity contribution in [3.8, 4) is 6.07 Å². The van der Waals surface area contributed by atoms with Crippen molar-refractivity contribution in [1.82, 2.24) is 34.5 Å². The minimum Gasteiger partial charge on any atom is -0.465 e. The van der Waals surface area contributed by atoms with Crippen molar-refractivity contribution in [2.75, 3.05) is 38.9 Å². The first-order chi connectivity index (χ1) is 26.3. The first-order valence-corrected chi connectivity index (χ1v) is 19.6. The van der Waals surface area contributed by atoms with Crippen LogP contribution in [0.3, 0.4) is 0 Å². The number of esters is 1. The molecule has 0 spiro atoms. The summed E-state index contributed by atoms with van der Waals surface area (Å²) in [5.41, 5.74) is 2.49. The van der Waals surface area contributed by atoms with Crippen LogP contribution < -0.4 is 5.32 Å². The summed E-state index contributed by atoms with van der Waals surface area (Å²) in [6.07, 6.45) is 1.30. The fourth-order valence-electron chi connectivity index (χ4n) is 6.73. The van der Waals surface area contributed by atoms with E-state index >= 15 is 0 Å². The van der Waals surface area contributed by atoms with Crippen LogP contribution >= 0.6 is 6.72 Å². The maximum absolute atomic E-state index is 12.8. The summed E-state index contributed by atoms with van der Waals surface area (Å²) in [6.45, 7) is -4.09. The summed E-state index contributed by atoms with van der Waals surface area (Å²) < 4.78 is 32.9. The number of hydrogen-bond donors (Lipinski definition) is 3. The molecular formula is C34H36N9O9PS. The zero-order valence-electron chi connectivity index (χ0n) is 28.9. The number of nitriles is 1. The SMILES string of the molecule is COC(=O)c1cccc2c1nnn2[C@@H]1C[C@H](COP(=S)(OCCC#N)O[C@H]2C[C@H](n3cnc4c(NC(=O)c5ccccc5)ncnc43)O[C@@H]2CO)[C@H]1CO. The predicted octanol–water partition coefficient (Wildman–Crippen LogP) is 3.32. The molecule has 7 rings (SSSR count). The molecular weight excluding hydrogens is 741 g/mol. The fourth-order valence-corrected chi connectivity index (χ4v) is 8.90. The van der Waals surface area contributed by atoms with Crippen LogP contribution in [0, 0.1) is 23.2 Å². The number of anilines is 1. The van der Waals surface area contributed by atoms with Gasteiger partial charge in [0.2, 0.25) is 0 Å². The monoisotopic (exact) mass is 777 g/mol. The normalized spacial score (nSPS) is 23.4. The number of hydrogen-bond acceptors (Lipinski definition) is 16. The molecule has 282 valence electrons. The zero-order valence-corrected chi connectivity index (χ0v) is 30.6. The maximum atomic E-state index is 12.8. The van der Waals surface area contributed by atoms with Gasteiger partial charge in [-0.15, -0.1) is 5.10 Å². The summed E-state index contributed by atoms with van der Waals surface area (Å²) in [5.74, 6) is -1.12. The van der Waals surface area contributed by atoms with Crippen LogP contribution in [-0.2, 0) is 34.9 Å². The number of methoxy groups -OCH3 is 1. The molecule has 1 unspecified atom stereocenters. The molecule has 2 aromatic carbocycles. The van der Waals surface area contributed by atoms with E-state index in [0.717, 1.165) is 0 Å². The Balaban J connectivity index is 1.04. The van der Waals surface area contributed by atoms with Gasteiger partial charge < -0.3 is 38.6 Å². The molecule has 0 radical (unpaired) electrons. The Kier molecular flexibility index (Phi) is 11.3. The Morgan fingerprint density at radius 3 is 2.67 bits per heavy atom. The summed E-state index contributed by atoms with van der Waals surface area (Å²) >= 11 is 5.84. The van der Waals surface area contributed by atoms with Crippen molar-refractivity contribution in [1.29, 1.82) is 5.26 Å². The molecule has 3 N–H and O–H groups in total.